The van der Waals surface area contributed by atoms with E-state index in [0.717, 1.165) is 17.9 Å². The average molecular weight is 252 g/mol. The molecule has 0 aliphatic rings. The van der Waals surface area contributed by atoms with Gasteiger partial charge in [-0.25, -0.2) is 0 Å². The van der Waals surface area contributed by atoms with E-state index in [0.29, 0.717) is 12.3 Å². The van der Waals surface area contributed by atoms with Gasteiger partial charge in [0.1, 0.15) is 5.75 Å². The molecule has 0 aliphatic carbocycles. The summed E-state index contributed by atoms with van der Waals surface area (Å²) in [4.78, 5) is 0. The largest absolute Gasteiger partial charge is 0.491 e. The van der Waals surface area contributed by atoms with Crippen LogP contribution in [0.25, 0.3) is 0 Å². The zero-order valence-corrected chi connectivity index (χ0v) is 11.7. The smallest absolute Gasteiger partial charge is 0.123 e. The lowest BCUT2D eigenvalue weighted by Gasteiger charge is -2.19. The van der Waals surface area contributed by atoms with E-state index in [1.807, 2.05) is 32.0 Å². The predicted octanol–water partition coefficient (Wildman–Crippen LogP) is 2.89. The second-order valence-electron chi connectivity index (χ2n) is 4.66. The average Bonchev–Trinajstić information content (AvgIpc) is 2.26. The van der Waals surface area contributed by atoms with Crippen molar-refractivity contribution in [3.8, 4) is 5.75 Å². The number of nitrogens with one attached hydrogen (secondary N) is 1. The summed E-state index contributed by atoms with van der Waals surface area (Å²) < 4.78 is 10.8. The normalized spacial score (nSPS) is 12.5. The summed E-state index contributed by atoms with van der Waals surface area (Å²) in [6.07, 6.45) is 1.13. The van der Waals surface area contributed by atoms with Crippen molar-refractivity contribution in [3.05, 3.63) is 18.2 Å². The third-order valence-corrected chi connectivity index (χ3v) is 2.53. The fraction of sp³-hybridized carbons (Fsp3) is 0.571. The number of rotatable bonds is 7. The number of anilines is 2. The van der Waals surface area contributed by atoms with E-state index in [4.69, 9.17) is 15.2 Å². The maximum Gasteiger partial charge on any atom is 0.123 e. The van der Waals surface area contributed by atoms with Crippen molar-refractivity contribution in [2.45, 2.75) is 39.3 Å². The van der Waals surface area contributed by atoms with Crippen LogP contribution in [0.5, 0.6) is 5.75 Å². The molecule has 1 unspecified atom stereocenters. The van der Waals surface area contributed by atoms with Gasteiger partial charge in [0.25, 0.3) is 0 Å². The molecule has 0 aromatic heterocycles. The van der Waals surface area contributed by atoms with Crippen LogP contribution in [-0.2, 0) is 4.74 Å². The lowest BCUT2D eigenvalue weighted by Crippen LogP contribution is -2.23. The molecule has 3 N–H and O–H groups in total. The van der Waals surface area contributed by atoms with Crippen LogP contribution in [0.4, 0.5) is 11.4 Å². The summed E-state index contributed by atoms with van der Waals surface area (Å²) in [5.41, 5.74) is 7.54. The van der Waals surface area contributed by atoms with Crippen LogP contribution in [-0.4, -0.2) is 25.9 Å². The Bertz CT molecular complexity index is 367. The molecule has 1 aromatic carbocycles. The van der Waals surface area contributed by atoms with Crippen molar-refractivity contribution in [2.24, 2.45) is 0 Å². The zero-order valence-electron chi connectivity index (χ0n) is 11.7. The Morgan fingerprint density at radius 2 is 2.00 bits per heavy atom. The Labute approximate surface area is 109 Å². The Hall–Kier alpha value is -1.42. The standard InChI is InChI=1S/C14H24N2O2/c1-5-12(9-17-4)16-13-6-11(15)7-14(8-13)18-10(2)3/h6-8,10,12,16H,5,9,15H2,1-4H3. The molecule has 0 radical (unpaired) electrons. The summed E-state index contributed by atoms with van der Waals surface area (Å²) in [7, 11) is 1.71. The first-order valence-electron chi connectivity index (χ1n) is 6.37. The molecule has 0 bridgehead atoms. The van der Waals surface area contributed by atoms with Crippen LogP contribution in [0.2, 0.25) is 0 Å². The molecule has 0 aliphatic heterocycles. The first-order chi connectivity index (χ1) is 8.55. The van der Waals surface area contributed by atoms with E-state index in [2.05, 4.69) is 12.2 Å². The number of nitrogen functional groups attached to an aromatic ring is 1. The number of benzene rings is 1. The second kappa shape index (κ2) is 7.11. The zero-order chi connectivity index (χ0) is 13.5. The lowest BCUT2D eigenvalue weighted by molar-refractivity contribution is 0.184. The third kappa shape index (κ3) is 4.84. The van der Waals surface area contributed by atoms with E-state index in [9.17, 15) is 0 Å². The molecule has 1 atom stereocenters. The molecule has 0 amide bonds. The molecule has 1 rings (SSSR count). The maximum atomic E-state index is 5.88. The van der Waals surface area contributed by atoms with E-state index in [1.54, 1.807) is 7.11 Å². The summed E-state index contributed by atoms with van der Waals surface area (Å²) >= 11 is 0. The number of hydrogen-bond donors (Lipinski definition) is 2. The van der Waals surface area contributed by atoms with Crippen LogP contribution < -0.4 is 15.8 Å². The predicted molar refractivity (Wildman–Crippen MR) is 76.2 cm³/mol. The molecule has 4 heteroatoms. The van der Waals surface area contributed by atoms with Gasteiger partial charge in [-0.3, -0.25) is 0 Å². The van der Waals surface area contributed by atoms with Crippen LogP contribution >= 0.6 is 0 Å². The molecule has 1 aromatic rings. The Morgan fingerprint density at radius 3 is 2.56 bits per heavy atom. The topological polar surface area (TPSA) is 56.5 Å². The first kappa shape index (κ1) is 14.6. The summed E-state index contributed by atoms with van der Waals surface area (Å²) in [5.74, 6) is 0.791. The molecule has 0 spiro atoms. The van der Waals surface area contributed by atoms with Gasteiger partial charge in [0.15, 0.2) is 0 Å². The highest BCUT2D eigenvalue weighted by molar-refractivity contribution is 5.59. The van der Waals surface area contributed by atoms with Crippen molar-refractivity contribution >= 4 is 11.4 Å². The molecular weight excluding hydrogens is 228 g/mol. The molecule has 0 saturated carbocycles. The first-order valence-corrected chi connectivity index (χ1v) is 6.37. The van der Waals surface area contributed by atoms with Crippen molar-refractivity contribution < 1.29 is 9.47 Å². The summed E-state index contributed by atoms with van der Waals surface area (Å²) in [5, 5.41) is 3.40. The molecule has 0 fully saturated rings. The molecule has 102 valence electrons. The van der Waals surface area contributed by atoms with Crippen LogP contribution in [0.1, 0.15) is 27.2 Å². The maximum absolute atomic E-state index is 5.88. The molecule has 4 nitrogen and oxygen atoms in total. The van der Waals surface area contributed by atoms with Crippen LogP contribution in [0.15, 0.2) is 18.2 Å². The molecular formula is C14H24N2O2. The second-order valence-corrected chi connectivity index (χ2v) is 4.66. The third-order valence-electron chi connectivity index (χ3n) is 2.53. The fourth-order valence-electron chi connectivity index (χ4n) is 1.74. The van der Waals surface area contributed by atoms with Gasteiger partial charge in [-0.05, 0) is 26.3 Å². The minimum atomic E-state index is 0.139. The van der Waals surface area contributed by atoms with Gasteiger partial charge in [0.05, 0.1) is 12.7 Å². The van der Waals surface area contributed by atoms with Crippen LogP contribution in [0.3, 0.4) is 0 Å². The van der Waals surface area contributed by atoms with Crippen molar-refractivity contribution in [2.75, 3.05) is 24.8 Å². The van der Waals surface area contributed by atoms with Crippen molar-refractivity contribution in [1.82, 2.24) is 0 Å². The highest BCUT2D eigenvalue weighted by Crippen LogP contribution is 2.24. The van der Waals surface area contributed by atoms with Gasteiger partial charge in [0.2, 0.25) is 0 Å². The molecule has 0 saturated heterocycles. The van der Waals surface area contributed by atoms with Crippen LogP contribution in [0, 0.1) is 0 Å². The SMILES string of the molecule is CCC(COC)Nc1cc(N)cc(OC(C)C)c1. The van der Waals surface area contributed by atoms with Gasteiger partial charge in [-0.2, -0.15) is 0 Å². The highest BCUT2D eigenvalue weighted by atomic mass is 16.5. The Kier molecular flexibility index (Phi) is 5.78. The quantitative estimate of drug-likeness (QED) is 0.733. The Morgan fingerprint density at radius 1 is 1.28 bits per heavy atom. The van der Waals surface area contributed by atoms with Gasteiger partial charge >= 0.3 is 0 Å². The number of nitrogens with two attached hydrogens (primary N) is 1. The van der Waals surface area contributed by atoms with Crippen molar-refractivity contribution in [1.29, 1.82) is 0 Å². The number of ether oxygens (including phenoxy) is 2. The minimum absolute atomic E-state index is 0.139. The lowest BCUT2D eigenvalue weighted by atomic mass is 10.2. The molecule has 18 heavy (non-hydrogen) atoms. The minimum Gasteiger partial charge on any atom is -0.491 e. The molecule has 0 heterocycles. The van der Waals surface area contributed by atoms with E-state index in [1.165, 1.54) is 0 Å². The van der Waals surface area contributed by atoms with Crippen molar-refractivity contribution in [3.63, 3.8) is 0 Å². The van der Waals surface area contributed by atoms with E-state index in [-0.39, 0.29) is 12.1 Å². The number of methoxy groups -OCH3 is 1. The van der Waals surface area contributed by atoms with Gasteiger partial charge in [0, 0.05) is 36.7 Å². The van der Waals surface area contributed by atoms with E-state index >= 15 is 0 Å². The van der Waals surface area contributed by atoms with Gasteiger partial charge < -0.3 is 20.5 Å². The highest BCUT2D eigenvalue weighted by Gasteiger charge is 2.08. The fourth-order valence-corrected chi connectivity index (χ4v) is 1.74. The van der Waals surface area contributed by atoms with E-state index < -0.39 is 0 Å². The monoisotopic (exact) mass is 252 g/mol. The van der Waals surface area contributed by atoms with Gasteiger partial charge in [-0.15, -0.1) is 0 Å². The summed E-state index contributed by atoms with van der Waals surface area (Å²) in [6.45, 7) is 6.78. The number of hydrogen-bond acceptors (Lipinski definition) is 4. The Balaban J connectivity index is 2.78. The summed E-state index contributed by atoms with van der Waals surface area (Å²) in [6, 6.07) is 5.99. The van der Waals surface area contributed by atoms with Gasteiger partial charge in [-0.1, -0.05) is 6.92 Å².